The van der Waals surface area contributed by atoms with Crippen molar-refractivity contribution in [1.82, 2.24) is 4.90 Å². The summed E-state index contributed by atoms with van der Waals surface area (Å²) in [5.74, 6) is 0.737. The summed E-state index contributed by atoms with van der Waals surface area (Å²) in [6, 6.07) is 0.482. The van der Waals surface area contributed by atoms with Gasteiger partial charge in [-0.15, -0.1) is 0 Å². The summed E-state index contributed by atoms with van der Waals surface area (Å²) in [6.07, 6.45) is 6.76. The smallest absolute Gasteiger partial charge is 0.124 e. The van der Waals surface area contributed by atoms with Crippen LogP contribution in [0.5, 0.6) is 0 Å². The summed E-state index contributed by atoms with van der Waals surface area (Å²) >= 11 is 0. The van der Waals surface area contributed by atoms with Gasteiger partial charge < -0.3 is 5.73 Å². The second kappa shape index (κ2) is 4.93. The van der Waals surface area contributed by atoms with Gasteiger partial charge in [-0.2, -0.15) is 0 Å². The number of allylic oxidation sites excluding steroid dienone is 1. The molecule has 0 saturated heterocycles. The number of aliphatic imine (C=N–C) groups is 2. The van der Waals surface area contributed by atoms with E-state index in [9.17, 15) is 0 Å². The molecule has 0 aromatic heterocycles. The Kier molecular flexibility index (Phi) is 3.27. The Bertz CT molecular complexity index is 510. The molecule has 1 saturated carbocycles. The molecule has 3 aliphatic rings. The molecule has 3 rings (SSSR count). The van der Waals surface area contributed by atoms with E-state index in [1.165, 1.54) is 24.0 Å². The maximum absolute atomic E-state index is 6.20. The van der Waals surface area contributed by atoms with Crippen LogP contribution in [0, 0.1) is 0 Å². The van der Waals surface area contributed by atoms with Crippen LogP contribution in [0.3, 0.4) is 0 Å². The second-order valence-electron chi connectivity index (χ2n) is 5.80. The molecule has 2 heterocycles. The molecule has 0 bridgehead atoms. The first-order chi connectivity index (χ1) is 9.15. The van der Waals surface area contributed by atoms with Gasteiger partial charge in [0, 0.05) is 19.1 Å². The molecule has 19 heavy (non-hydrogen) atoms. The number of likely N-dealkylation sites (N-methyl/N-ethyl adjacent to an activating group) is 1. The molecule has 0 radical (unpaired) electrons. The fraction of sp³-hybridized carbons (Fsp3) is 0.600. The number of fused-ring (bicyclic) bond motifs is 1. The largest absolute Gasteiger partial charge is 0.384 e. The Balaban J connectivity index is 1.95. The number of hydrogen-bond donors (Lipinski definition) is 1. The van der Waals surface area contributed by atoms with Crippen molar-refractivity contribution in [1.29, 1.82) is 0 Å². The molecule has 2 N–H and O–H groups in total. The van der Waals surface area contributed by atoms with Crippen LogP contribution in [0.15, 0.2) is 33.0 Å². The van der Waals surface area contributed by atoms with Crippen LogP contribution in [0.2, 0.25) is 0 Å². The van der Waals surface area contributed by atoms with E-state index in [1.54, 1.807) is 0 Å². The third-order valence-electron chi connectivity index (χ3n) is 4.31. The average Bonchev–Trinajstić information content (AvgIpc) is 2.83. The minimum Gasteiger partial charge on any atom is -0.384 e. The summed E-state index contributed by atoms with van der Waals surface area (Å²) in [5, 5.41) is 0. The number of nitrogens with zero attached hydrogens (tertiary/aromatic N) is 3. The highest BCUT2D eigenvalue weighted by atomic mass is 15.2. The maximum atomic E-state index is 6.20. The molecule has 2 aliphatic heterocycles. The summed E-state index contributed by atoms with van der Waals surface area (Å²) in [6.45, 7) is 3.88. The molecule has 4 nitrogen and oxygen atoms in total. The molecule has 0 amide bonds. The van der Waals surface area contributed by atoms with Crippen LogP contribution in [-0.4, -0.2) is 42.5 Å². The van der Waals surface area contributed by atoms with Crippen LogP contribution in [0.4, 0.5) is 0 Å². The fourth-order valence-electron chi connectivity index (χ4n) is 3.23. The van der Waals surface area contributed by atoms with E-state index in [1.807, 2.05) is 0 Å². The topological polar surface area (TPSA) is 54.0 Å². The lowest BCUT2D eigenvalue weighted by molar-refractivity contribution is 0.314. The van der Waals surface area contributed by atoms with Crippen molar-refractivity contribution in [2.45, 2.75) is 38.6 Å². The first kappa shape index (κ1) is 12.6. The minimum absolute atomic E-state index is 0.482. The van der Waals surface area contributed by atoms with Crippen molar-refractivity contribution in [3.8, 4) is 0 Å². The summed E-state index contributed by atoms with van der Waals surface area (Å²) in [5.41, 5.74) is 11.0. The van der Waals surface area contributed by atoms with Gasteiger partial charge in [0.1, 0.15) is 5.82 Å². The predicted molar refractivity (Wildman–Crippen MR) is 79.6 cm³/mol. The first-order valence-electron chi connectivity index (χ1n) is 7.13. The molecule has 102 valence electrons. The van der Waals surface area contributed by atoms with Gasteiger partial charge in [-0.25, -0.2) is 4.99 Å². The normalized spacial score (nSPS) is 28.5. The average molecular weight is 258 g/mol. The van der Waals surface area contributed by atoms with Crippen LogP contribution in [-0.2, 0) is 0 Å². The van der Waals surface area contributed by atoms with E-state index in [2.05, 4.69) is 34.9 Å². The first-order valence-corrected chi connectivity index (χ1v) is 7.13. The van der Waals surface area contributed by atoms with Gasteiger partial charge >= 0.3 is 0 Å². The van der Waals surface area contributed by atoms with E-state index in [4.69, 9.17) is 5.73 Å². The van der Waals surface area contributed by atoms with E-state index in [0.717, 1.165) is 43.2 Å². The van der Waals surface area contributed by atoms with Crippen molar-refractivity contribution in [3.63, 3.8) is 0 Å². The molecular weight excluding hydrogens is 236 g/mol. The monoisotopic (exact) mass is 258 g/mol. The molecule has 0 aromatic rings. The van der Waals surface area contributed by atoms with Crippen molar-refractivity contribution >= 4 is 11.4 Å². The molecule has 1 atom stereocenters. The number of nitrogens with two attached hydrogens (primary N) is 1. The highest BCUT2D eigenvalue weighted by Crippen LogP contribution is 2.31. The van der Waals surface area contributed by atoms with Gasteiger partial charge in [0.15, 0.2) is 0 Å². The third kappa shape index (κ3) is 2.37. The van der Waals surface area contributed by atoms with Gasteiger partial charge in [0.2, 0.25) is 0 Å². The number of dihydropyridines is 1. The maximum Gasteiger partial charge on any atom is 0.124 e. The van der Waals surface area contributed by atoms with Gasteiger partial charge in [-0.3, -0.25) is 9.89 Å². The molecular formula is C15H22N4. The van der Waals surface area contributed by atoms with Gasteiger partial charge in [0.25, 0.3) is 0 Å². The highest BCUT2D eigenvalue weighted by molar-refractivity contribution is 6.47. The Morgan fingerprint density at radius 3 is 3.00 bits per heavy atom. The van der Waals surface area contributed by atoms with Gasteiger partial charge in [-0.05, 0) is 51.3 Å². The molecule has 0 spiro atoms. The molecule has 1 fully saturated rings. The predicted octanol–water partition coefficient (Wildman–Crippen LogP) is 1.89. The molecule has 1 unspecified atom stereocenters. The standard InChI is InChI=1S/C15H22N4/c1-10-6-7-17-12(8-10)13-9-19(2)14-5-3-4-11(14)15(16)18-13/h8,14H,3-7,9,16H2,1-2H3. The van der Waals surface area contributed by atoms with E-state index in [0.29, 0.717) is 6.04 Å². The Hall–Kier alpha value is -1.42. The van der Waals surface area contributed by atoms with Gasteiger partial charge in [-0.1, -0.05) is 5.57 Å². The number of rotatable bonds is 1. The van der Waals surface area contributed by atoms with Crippen molar-refractivity contribution < 1.29 is 0 Å². The number of hydrogen-bond acceptors (Lipinski definition) is 4. The zero-order valence-corrected chi connectivity index (χ0v) is 11.8. The quantitative estimate of drug-likeness (QED) is 0.781. The van der Waals surface area contributed by atoms with Crippen LogP contribution >= 0.6 is 0 Å². The van der Waals surface area contributed by atoms with Crippen molar-refractivity contribution in [2.75, 3.05) is 20.1 Å². The Morgan fingerprint density at radius 1 is 1.37 bits per heavy atom. The van der Waals surface area contributed by atoms with E-state index >= 15 is 0 Å². The second-order valence-corrected chi connectivity index (χ2v) is 5.80. The minimum atomic E-state index is 0.482. The summed E-state index contributed by atoms with van der Waals surface area (Å²) < 4.78 is 0. The lowest BCUT2D eigenvalue weighted by Crippen LogP contribution is -2.36. The fourth-order valence-corrected chi connectivity index (χ4v) is 3.23. The molecule has 0 aromatic carbocycles. The summed E-state index contributed by atoms with van der Waals surface area (Å²) in [7, 11) is 2.17. The van der Waals surface area contributed by atoms with Crippen molar-refractivity contribution in [2.24, 2.45) is 15.7 Å². The van der Waals surface area contributed by atoms with E-state index in [-0.39, 0.29) is 0 Å². The SMILES string of the molecule is CC1=CC(C2=NC(N)=C3CCCC3N(C)C2)=NCC1. The van der Waals surface area contributed by atoms with Crippen molar-refractivity contribution in [3.05, 3.63) is 23.0 Å². The molecule has 4 heteroatoms. The van der Waals surface area contributed by atoms with Gasteiger partial charge in [0.05, 0.1) is 11.4 Å². The summed E-state index contributed by atoms with van der Waals surface area (Å²) in [4.78, 5) is 11.7. The zero-order chi connectivity index (χ0) is 13.4. The highest BCUT2D eigenvalue weighted by Gasteiger charge is 2.30. The Morgan fingerprint density at radius 2 is 2.21 bits per heavy atom. The lowest BCUT2D eigenvalue weighted by atomic mass is 10.1. The molecule has 1 aliphatic carbocycles. The van der Waals surface area contributed by atoms with Crippen LogP contribution in [0.1, 0.15) is 32.6 Å². The van der Waals surface area contributed by atoms with Crippen LogP contribution < -0.4 is 5.73 Å². The zero-order valence-electron chi connectivity index (χ0n) is 11.8. The van der Waals surface area contributed by atoms with E-state index < -0.39 is 0 Å². The Labute approximate surface area is 114 Å². The van der Waals surface area contributed by atoms with Crippen LogP contribution in [0.25, 0.3) is 0 Å². The lowest BCUT2D eigenvalue weighted by Gasteiger charge is -2.24. The third-order valence-corrected chi connectivity index (χ3v) is 4.31.